The van der Waals surface area contributed by atoms with Gasteiger partial charge in [-0.1, -0.05) is 28.9 Å². The van der Waals surface area contributed by atoms with Crippen molar-refractivity contribution in [1.29, 1.82) is 0 Å². The summed E-state index contributed by atoms with van der Waals surface area (Å²) in [4.78, 5) is 14.8. The Hall–Kier alpha value is -1.96. The molecule has 0 saturated carbocycles. The molecule has 2 atom stereocenters. The van der Waals surface area contributed by atoms with Gasteiger partial charge in [0.05, 0.1) is 24.9 Å². The van der Waals surface area contributed by atoms with Crippen LogP contribution in [-0.4, -0.2) is 58.6 Å². The Balaban J connectivity index is 1.85. The number of nitrogens with zero attached hydrogens (tertiary/aromatic N) is 4. The van der Waals surface area contributed by atoms with Crippen LogP contribution < -0.4 is 5.32 Å². The number of morpholine rings is 1. The van der Waals surface area contributed by atoms with Gasteiger partial charge in [-0.2, -0.15) is 0 Å². The highest BCUT2D eigenvalue weighted by atomic mass is 35.5. The highest BCUT2D eigenvalue weighted by Crippen LogP contribution is 2.24. The third kappa shape index (κ3) is 3.75. The lowest BCUT2D eigenvalue weighted by Crippen LogP contribution is -2.48. The molecule has 1 saturated heterocycles. The van der Waals surface area contributed by atoms with Crippen LogP contribution in [0, 0.1) is 0 Å². The molecule has 2 aromatic rings. The molecule has 7 nitrogen and oxygen atoms in total. The molecule has 1 amide bonds. The number of benzene rings is 1. The van der Waals surface area contributed by atoms with Gasteiger partial charge in [-0.05, 0) is 24.7 Å². The number of aromatic nitrogens is 3. The largest absolute Gasteiger partial charge is 0.373 e. The minimum atomic E-state index is -0.285. The molecule has 1 fully saturated rings. The number of ether oxygens (including phenoxy) is 1. The number of nitrogens with one attached hydrogen (secondary N) is 1. The minimum absolute atomic E-state index is 0.143. The summed E-state index contributed by atoms with van der Waals surface area (Å²) < 4.78 is 7.36. The number of hydrogen-bond donors (Lipinski definition) is 1. The van der Waals surface area contributed by atoms with Gasteiger partial charge in [0.2, 0.25) is 0 Å². The number of hydrogen-bond acceptors (Lipinski definition) is 5. The van der Waals surface area contributed by atoms with Crippen LogP contribution in [0.15, 0.2) is 30.5 Å². The van der Waals surface area contributed by atoms with Crippen LogP contribution in [0.5, 0.6) is 0 Å². The summed E-state index contributed by atoms with van der Waals surface area (Å²) >= 11 is 5.99. The van der Waals surface area contributed by atoms with Crippen LogP contribution in [0.3, 0.4) is 0 Å². The van der Waals surface area contributed by atoms with Gasteiger partial charge in [-0.15, -0.1) is 5.10 Å². The fourth-order valence-electron chi connectivity index (χ4n) is 2.78. The summed E-state index contributed by atoms with van der Waals surface area (Å²) in [5, 5.41) is 11.3. The van der Waals surface area contributed by atoms with E-state index >= 15 is 0 Å². The Morgan fingerprint density at radius 2 is 2.12 bits per heavy atom. The topological polar surface area (TPSA) is 72.3 Å². The van der Waals surface area contributed by atoms with E-state index in [0.717, 1.165) is 18.7 Å². The van der Waals surface area contributed by atoms with E-state index in [0.29, 0.717) is 17.3 Å². The molecule has 0 radical (unpaired) electrons. The third-order valence-corrected chi connectivity index (χ3v) is 4.38. The zero-order chi connectivity index (χ0) is 17.1. The second-order valence-corrected chi connectivity index (χ2v) is 6.35. The maximum atomic E-state index is 12.6. The van der Waals surface area contributed by atoms with Gasteiger partial charge in [0.25, 0.3) is 5.91 Å². The van der Waals surface area contributed by atoms with E-state index in [1.807, 2.05) is 31.3 Å². The van der Waals surface area contributed by atoms with E-state index in [2.05, 4.69) is 20.5 Å². The van der Waals surface area contributed by atoms with E-state index in [4.69, 9.17) is 16.3 Å². The van der Waals surface area contributed by atoms with E-state index in [1.54, 1.807) is 7.05 Å². The van der Waals surface area contributed by atoms with Crippen molar-refractivity contribution in [2.75, 3.05) is 26.7 Å². The monoisotopic (exact) mass is 349 g/mol. The molecule has 0 aliphatic carbocycles. The lowest BCUT2D eigenvalue weighted by molar-refractivity contribution is -0.0381. The van der Waals surface area contributed by atoms with Crippen molar-refractivity contribution < 1.29 is 9.53 Å². The summed E-state index contributed by atoms with van der Waals surface area (Å²) in [5.74, 6) is -0.237. The molecule has 1 aromatic carbocycles. The molecule has 0 spiro atoms. The average Bonchev–Trinajstić information content (AvgIpc) is 2.99. The first-order valence-electron chi connectivity index (χ1n) is 7.76. The smallest absolute Gasteiger partial charge is 0.271 e. The van der Waals surface area contributed by atoms with Crippen LogP contribution in [0.1, 0.15) is 22.1 Å². The lowest BCUT2D eigenvalue weighted by atomic mass is 9.99. The number of amides is 1. The number of rotatable bonds is 4. The van der Waals surface area contributed by atoms with E-state index in [9.17, 15) is 4.79 Å². The summed E-state index contributed by atoms with van der Waals surface area (Å²) in [6.45, 7) is 2.25. The number of aryl methyl sites for hydroxylation is 1. The van der Waals surface area contributed by atoms with E-state index < -0.39 is 0 Å². The normalized spacial score (nSPS) is 19.9. The molecule has 0 bridgehead atoms. The molecule has 128 valence electrons. The van der Waals surface area contributed by atoms with Crippen molar-refractivity contribution in [3.8, 4) is 0 Å². The molecule has 1 N–H and O–H groups in total. The molecule has 3 rings (SSSR count). The van der Waals surface area contributed by atoms with Crippen molar-refractivity contribution in [3.63, 3.8) is 0 Å². The van der Waals surface area contributed by atoms with Crippen molar-refractivity contribution in [1.82, 2.24) is 25.2 Å². The minimum Gasteiger partial charge on any atom is -0.373 e. The standard InChI is InChI=1S/C16H20ClN5O2/c1-21-7-8-24-14(10-21)15(11-3-5-12(17)6-4-11)19-16(23)13-9-18-20-22(13)2/h3-6,9,14-15H,7-8,10H2,1-2H3,(H,19,23)/t14-,15+/m0/s1. The van der Waals surface area contributed by atoms with Crippen molar-refractivity contribution >= 4 is 17.5 Å². The number of carbonyl (C=O) groups excluding carboxylic acids is 1. The zero-order valence-corrected chi connectivity index (χ0v) is 14.4. The molecular formula is C16H20ClN5O2. The average molecular weight is 350 g/mol. The predicted molar refractivity (Wildman–Crippen MR) is 89.9 cm³/mol. The summed E-state index contributed by atoms with van der Waals surface area (Å²) in [6, 6.07) is 7.16. The predicted octanol–water partition coefficient (Wildman–Crippen LogP) is 1.27. The highest BCUT2D eigenvalue weighted by Gasteiger charge is 2.30. The van der Waals surface area contributed by atoms with Crippen molar-refractivity contribution in [2.45, 2.75) is 12.1 Å². The van der Waals surface area contributed by atoms with Gasteiger partial charge in [0.1, 0.15) is 5.69 Å². The van der Waals surface area contributed by atoms with Gasteiger partial charge in [0.15, 0.2) is 0 Å². The van der Waals surface area contributed by atoms with Crippen LogP contribution in [-0.2, 0) is 11.8 Å². The Morgan fingerprint density at radius 1 is 1.38 bits per heavy atom. The van der Waals surface area contributed by atoms with Gasteiger partial charge < -0.3 is 15.0 Å². The van der Waals surface area contributed by atoms with Gasteiger partial charge in [-0.25, -0.2) is 4.68 Å². The maximum absolute atomic E-state index is 12.6. The molecule has 24 heavy (non-hydrogen) atoms. The maximum Gasteiger partial charge on any atom is 0.271 e. The number of carbonyl (C=O) groups is 1. The van der Waals surface area contributed by atoms with Gasteiger partial charge in [-0.3, -0.25) is 4.79 Å². The summed E-state index contributed by atoms with van der Waals surface area (Å²) in [6.07, 6.45) is 1.30. The fourth-order valence-corrected chi connectivity index (χ4v) is 2.91. The Kier molecular flexibility index (Phi) is 5.13. The van der Waals surface area contributed by atoms with E-state index in [1.165, 1.54) is 10.9 Å². The lowest BCUT2D eigenvalue weighted by Gasteiger charge is -2.35. The second kappa shape index (κ2) is 7.29. The second-order valence-electron chi connectivity index (χ2n) is 5.92. The first-order valence-corrected chi connectivity index (χ1v) is 8.13. The zero-order valence-electron chi connectivity index (χ0n) is 13.6. The molecule has 1 aliphatic rings. The Bertz CT molecular complexity index is 703. The first-order chi connectivity index (χ1) is 11.5. The van der Waals surface area contributed by atoms with Crippen molar-refractivity contribution in [3.05, 3.63) is 46.7 Å². The Labute approximate surface area is 145 Å². The van der Waals surface area contributed by atoms with Gasteiger partial charge >= 0.3 is 0 Å². The van der Waals surface area contributed by atoms with Crippen LogP contribution in [0.2, 0.25) is 5.02 Å². The highest BCUT2D eigenvalue weighted by molar-refractivity contribution is 6.30. The molecular weight excluding hydrogens is 330 g/mol. The SMILES string of the molecule is CN1CCO[C@H]([C@H](NC(=O)c2cnnn2C)c2ccc(Cl)cc2)C1. The quantitative estimate of drug-likeness (QED) is 0.900. The number of halogens is 1. The van der Waals surface area contributed by atoms with Gasteiger partial charge in [0, 0.05) is 25.2 Å². The number of likely N-dealkylation sites (N-methyl/N-ethyl adjacent to an activating group) is 1. The van der Waals surface area contributed by atoms with Crippen molar-refractivity contribution in [2.24, 2.45) is 7.05 Å². The molecule has 1 aliphatic heterocycles. The summed E-state index contributed by atoms with van der Waals surface area (Å²) in [7, 11) is 3.73. The molecule has 8 heteroatoms. The first kappa shape index (κ1) is 16.9. The van der Waals surface area contributed by atoms with E-state index in [-0.39, 0.29) is 18.1 Å². The molecule has 0 unspecified atom stereocenters. The van der Waals surface area contributed by atoms with Crippen LogP contribution in [0.25, 0.3) is 0 Å². The van der Waals surface area contributed by atoms with Crippen LogP contribution in [0.4, 0.5) is 0 Å². The third-order valence-electron chi connectivity index (χ3n) is 4.13. The fraction of sp³-hybridized carbons (Fsp3) is 0.438. The van der Waals surface area contributed by atoms with Crippen LogP contribution >= 0.6 is 11.6 Å². The molecule has 2 heterocycles. The molecule has 1 aromatic heterocycles. The Morgan fingerprint density at radius 3 is 2.75 bits per heavy atom. The summed E-state index contributed by atoms with van der Waals surface area (Å²) in [5.41, 5.74) is 1.35.